The number of hydrogen-bond donors (Lipinski definition) is 1. The SMILES string of the molecule is Cc1ccccc1[C@H]1[C@@H]2CN(C(=O)C(C)(C)O)C[C@@H]2CN1C(=O)N(C)C. The maximum Gasteiger partial charge on any atom is 0.320 e. The summed E-state index contributed by atoms with van der Waals surface area (Å²) in [5.74, 6) is 0.182. The fourth-order valence-corrected chi connectivity index (χ4v) is 4.37. The number of likely N-dealkylation sites (tertiary alicyclic amines) is 2. The number of fused-ring (bicyclic) bond motifs is 1. The van der Waals surface area contributed by atoms with Crippen molar-refractivity contribution in [3.05, 3.63) is 35.4 Å². The van der Waals surface area contributed by atoms with Gasteiger partial charge in [0.1, 0.15) is 5.60 Å². The summed E-state index contributed by atoms with van der Waals surface area (Å²) in [7, 11) is 3.55. The van der Waals surface area contributed by atoms with E-state index in [0.29, 0.717) is 19.6 Å². The second kappa shape index (κ2) is 6.58. The second-order valence-electron chi connectivity index (χ2n) is 8.32. The van der Waals surface area contributed by atoms with Gasteiger partial charge in [-0.05, 0) is 31.9 Å². The molecule has 0 bridgehead atoms. The van der Waals surface area contributed by atoms with Crippen LogP contribution in [0.25, 0.3) is 0 Å². The number of carbonyl (C=O) groups excluding carboxylic acids is 2. The minimum absolute atomic E-state index is 0.00742. The fraction of sp³-hybridized carbons (Fsp3) is 0.600. The zero-order chi connectivity index (χ0) is 19.2. The van der Waals surface area contributed by atoms with Gasteiger partial charge in [0, 0.05) is 45.6 Å². The molecule has 1 aromatic carbocycles. The Kier molecular flexibility index (Phi) is 4.73. The van der Waals surface area contributed by atoms with E-state index in [0.717, 1.165) is 11.1 Å². The average molecular weight is 359 g/mol. The standard InChI is InChI=1S/C20H29N3O3/c1-13-8-6-7-9-15(13)17-16-12-22(18(24)20(2,3)26)10-14(16)11-23(17)19(25)21(4)5/h6-9,14,16-17,26H,10-12H2,1-5H3/t14-,16-,17+/m1/s1. The lowest BCUT2D eigenvalue weighted by Crippen LogP contribution is -2.46. The largest absolute Gasteiger partial charge is 0.381 e. The number of rotatable bonds is 2. The quantitative estimate of drug-likeness (QED) is 0.877. The zero-order valence-corrected chi connectivity index (χ0v) is 16.3. The van der Waals surface area contributed by atoms with E-state index in [9.17, 15) is 14.7 Å². The van der Waals surface area contributed by atoms with Crippen molar-refractivity contribution in [2.75, 3.05) is 33.7 Å². The van der Waals surface area contributed by atoms with Crippen LogP contribution in [0, 0.1) is 18.8 Å². The van der Waals surface area contributed by atoms with Gasteiger partial charge >= 0.3 is 6.03 Å². The highest BCUT2D eigenvalue weighted by Gasteiger charge is 2.51. The van der Waals surface area contributed by atoms with Crippen LogP contribution in [0.15, 0.2) is 24.3 Å². The first kappa shape index (κ1) is 18.7. The van der Waals surface area contributed by atoms with Gasteiger partial charge in [-0.15, -0.1) is 0 Å². The minimum atomic E-state index is -1.37. The van der Waals surface area contributed by atoms with Crippen molar-refractivity contribution in [1.29, 1.82) is 0 Å². The number of carbonyl (C=O) groups is 2. The number of aryl methyl sites for hydroxylation is 1. The molecule has 0 aromatic heterocycles. The van der Waals surface area contributed by atoms with Crippen LogP contribution in [-0.2, 0) is 4.79 Å². The normalized spacial score (nSPS) is 25.4. The molecular weight excluding hydrogens is 330 g/mol. The highest BCUT2D eigenvalue weighted by molar-refractivity contribution is 5.84. The Hall–Kier alpha value is -2.08. The van der Waals surface area contributed by atoms with Crippen LogP contribution in [0.2, 0.25) is 0 Å². The third-order valence-electron chi connectivity index (χ3n) is 5.61. The van der Waals surface area contributed by atoms with Crippen LogP contribution < -0.4 is 0 Å². The molecule has 0 aliphatic carbocycles. The zero-order valence-electron chi connectivity index (χ0n) is 16.3. The van der Waals surface area contributed by atoms with E-state index in [1.807, 2.05) is 17.0 Å². The topological polar surface area (TPSA) is 64.1 Å². The lowest BCUT2D eigenvalue weighted by molar-refractivity contribution is -0.147. The van der Waals surface area contributed by atoms with Crippen LogP contribution in [0.3, 0.4) is 0 Å². The molecule has 6 heteroatoms. The summed E-state index contributed by atoms with van der Waals surface area (Å²) in [6.45, 7) is 6.93. The highest BCUT2D eigenvalue weighted by Crippen LogP contribution is 2.46. The van der Waals surface area contributed by atoms with E-state index < -0.39 is 5.60 Å². The molecule has 3 rings (SSSR count). The number of urea groups is 1. The molecular formula is C20H29N3O3. The molecule has 3 amide bonds. The van der Waals surface area contributed by atoms with Gasteiger partial charge < -0.3 is 19.8 Å². The van der Waals surface area contributed by atoms with Crippen LogP contribution >= 0.6 is 0 Å². The summed E-state index contributed by atoms with van der Waals surface area (Å²) < 4.78 is 0. The number of aliphatic hydroxyl groups is 1. The van der Waals surface area contributed by atoms with Crippen molar-refractivity contribution in [1.82, 2.24) is 14.7 Å². The average Bonchev–Trinajstić information content (AvgIpc) is 3.10. The van der Waals surface area contributed by atoms with Gasteiger partial charge in [-0.1, -0.05) is 24.3 Å². The highest BCUT2D eigenvalue weighted by atomic mass is 16.3. The molecule has 1 N–H and O–H groups in total. The van der Waals surface area contributed by atoms with Gasteiger partial charge in [0.15, 0.2) is 0 Å². The van der Waals surface area contributed by atoms with Gasteiger partial charge in [0.25, 0.3) is 5.91 Å². The first-order valence-electron chi connectivity index (χ1n) is 9.16. The van der Waals surface area contributed by atoms with Crippen molar-refractivity contribution in [2.45, 2.75) is 32.4 Å². The molecule has 2 aliphatic heterocycles. The third kappa shape index (κ3) is 3.18. The molecule has 0 saturated carbocycles. The summed E-state index contributed by atoms with van der Waals surface area (Å²) in [5.41, 5.74) is 0.936. The smallest absolute Gasteiger partial charge is 0.320 e. The molecule has 2 saturated heterocycles. The lowest BCUT2D eigenvalue weighted by atomic mass is 9.87. The predicted octanol–water partition coefficient (Wildman–Crippen LogP) is 1.88. The van der Waals surface area contributed by atoms with E-state index in [-0.39, 0.29) is 29.8 Å². The molecule has 0 radical (unpaired) electrons. The minimum Gasteiger partial charge on any atom is -0.381 e. The summed E-state index contributed by atoms with van der Waals surface area (Å²) >= 11 is 0. The van der Waals surface area contributed by atoms with Gasteiger partial charge in [0.05, 0.1) is 6.04 Å². The molecule has 142 valence electrons. The van der Waals surface area contributed by atoms with Crippen molar-refractivity contribution in [3.63, 3.8) is 0 Å². The van der Waals surface area contributed by atoms with Crippen LogP contribution in [-0.4, -0.2) is 71.1 Å². The monoisotopic (exact) mass is 359 g/mol. The fourth-order valence-electron chi connectivity index (χ4n) is 4.37. The third-order valence-corrected chi connectivity index (χ3v) is 5.61. The maximum absolute atomic E-state index is 12.8. The second-order valence-corrected chi connectivity index (χ2v) is 8.32. The summed E-state index contributed by atoms with van der Waals surface area (Å²) in [5, 5.41) is 10.1. The van der Waals surface area contributed by atoms with Crippen molar-refractivity contribution < 1.29 is 14.7 Å². The Balaban J connectivity index is 1.93. The Labute approximate surface area is 155 Å². The van der Waals surface area contributed by atoms with Crippen molar-refractivity contribution in [2.24, 2.45) is 11.8 Å². The first-order chi connectivity index (χ1) is 12.1. The molecule has 2 fully saturated rings. The van der Waals surface area contributed by atoms with Gasteiger partial charge in [-0.3, -0.25) is 4.79 Å². The van der Waals surface area contributed by atoms with E-state index in [2.05, 4.69) is 19.1 Å². The molecule has 1 aromatic rings. The molecule has 0 unspecified atom stereocenters. The van der Waals surface area contributed by atoms with Crippen LogP contribution in [0.4, 0.5) is 4.79 Å². The molecule has 3 atom stereocenters. The Morgan fingerprint density at radius 3 is 2.38 bits per heavy atom. The van der Waals surface area contributed by atoms with Gasteiger partial charge in [0.2, 0.25) is 0 Å². The Bertz CT molecular complexity index is 710. The van der Waals surface area contributed by atoms with Crippen molar-refractivity contribution >= 4 is 11.9 Å². The Morgan fingerprint density at radius 1 is 1.15 bits per heavy atom. The first-order valence-corrected chi connectivity index (χ1v) is 9.16. The summed E-state index contributed by atoms with van der Waals surface area (Å²) in [4.78, 5) is 30.6. The Morgan fingerprint density at radius 2 is 1.81 bits per heavy atom. The molecule has 6 nitrogen and oxygen atoms in total. The maximum atomic E-state index is 12.8. The van der Waals surface area contributed by atoms with E-state index >= 15 is 0 Å². The van der Waals surface area contributed by atoms with E-state index in [4.69, 9.17) is 0 Å². The number of hydrogen-bond acceptors (Lipinski definition) is 3. The molecule has 26 heavy (non-hydrogen) atoms. The molecule has 2 aliphatic rings. The van der Waals surface area contributed by atoms with Crippen LogP contribution in [0.1, 0.15) is 31.0 Å². The number of nitrogens with zero attached hydrogens (tertiary/aromatic N) is 3. The molecule has 2 heterocycles. The predicted molar refractivity (Wildman–Crippen MR) is 99.6 cm³/mol. The van der Waals surface area contributed by atoms with Gasteiger partial charge in [-0.25, -0.2) is 4.79 Å². The number of amides is 3. The van der Waals surface area contributed by atoms with Gasteiger partial charge in [-0.2, -0.15) is 0 Å². The summed E-state index contributed by atoms with van der Waals surface area (Å²) in [6.07, 6.45) is 0. The summed E-state index contributed by atoms with van der Waals surface area (Å²) in [6, 6.07) is 8.11. The molecule has 0 spiro atoms. The van der Waals surface area contributed by atoms with E-state index in [1.165, 1.54) is 13.8 Å². The number of benzene rings is 1. The van der Waals surface area contributed by atoms with Crippen molar-refractivity contribution in [3.8, 4) is 0 Å². The lowest BCUT2D eigenvalue weighted by Gasteiger charge is -2.33. The van der Waals surface area contributed by atoms with E-state index in [1.54, 1.807) is 23.9 Å². The van der Waals surface area contributed by atoms with Crippen LogP contribution in [0.5, 0.6) is 0 Å².